The first-order valence-electron chi connectivity index (χ1n) is 12.3. The van der Waals surface area contributed by atoms with Crippen LogP contribution in [0.25, 0.3) is 22.3 Å². The Morgan fingerprint density at radius 2 is 1.89 bits per heavy atom. The zero-order valence-electron chi connectivity index (χ0n) is 20.4. The lowest BCUT2D eigenvalue weighted by atomic mass is 10.1. The Morgan fingerprint density at radius 3 is 2.68 bits per heavy atom. The van der Waals surface area contributed by atoms with E-state index in [1.165, 1.54) is 24.3 Å². The van der Waals surface area contributed by atoms with Crippen molar-refractivity contribution in [2.24, 2.45) is 0 Å². The summed E-state index contributed by atoms with van der Waals surface area (Å²) in [5.41, 5.74) is 3.56. The summed E-state index contributed by atoms with van der Waals surface area (Å²) in [5.74, 6) is 0.307. The molecule has 0 aliphatic carbocycles. The third-order valence-electron chi connectivity index (χ3n) is 6.55. The molecule has 3 N–H and O–H groups in total. The van der Waals surface area contributed by atoms with Gasteiger partial charge >= 0.3 is 0 Å². The molecular formula is C27H28FN5O3S. The molecule has 1 saturated heterocycles. The topological polar surface area (TPSA) is 117 Å². The summed E-state index contributed by atoms with van der Waals surface area (Å²) in [6, 6.07) is 12.7. The molecule has 1 aliphatic heterocycles. The zero-order chi connectivity index (χ0) is 26.0. The second-order valence-corrected chi connectivity index (χ2v) is 11.1. The van der Waals surface area contributed by atoms with Crippen molar-refractivity contribution in [1.82, 2.24) is 20.3 Å². The van der Waals surface area contributed by atoms with Gasteiger partial charge in [-0.25, -0.2) is 22.8 Å². The van der Waals surface area contributed by atoms with Crippen LogP contribution in [0.4, 0.5) is 10.1 Å². The average Bonchev–Trinajstić information content (AvgIpc) is 3.17. The average molecular weight is 522 g/mol. The highest BCUT2D eigenvalue weighted by atomic mass is 32.2. The summed E-state index contributed by atoms with van der Waals surface area (Å²) in [7, 11) is -3.95. The molecular weight excluding hydrogens is 493 g/mol. The van der Waals surface area contributed by atoms with Crippen molar-refractivity contribution in [2.75, 3.05) is 4.72 Å². The van der Waals surface area contributed by atoms with E-state index in [4.69, 9.17) is 0 Å². The van der Waals surface area contributed by atoms with Gasteiger partial charge in [0.1, 0.15) is 17.2 Å². The van der Waals surface area contributed by atoms with Crippen LogP contribution in [0.1, 0.15) is 43.5 Å². The Labute approximate surface area is 214 Å². The van der Waals surface area contributed by atoms with Crippen molar-refractivity contribution < 1.29 is 17.6 Å². The monoisotopic (exact) mass is 521 g/mol. The standard InChI is InChI=1S/C27H28FN5O3S/c1-17-6-12-23(22(28)14-17)33-37(35,36)21-10-7-18(8-11-21)19-15-24-27(29-16-19)32-25(31-24)13-9-20-4-2-3-5-26(34)30-20/h6-8,10-12,14-16,20,33H,2-5,9,13H2,1H3,(H,30,34)(H,29,31,32). The number of carbonyl (C=O) groups is 1. The summed E-state index contributed by atoms with van der Waals surface area (Å²) in [5, 5.41) is 3.08. The maximum atomic E-state index is 14.1. The quantitative estimate of drug-likeness (QED) is 0.321. The molecule has 2 aromatic heterocycles. The van der Waals surface area contributed by atoms with Crippen LogP contribution < -0.4 is 10.0 Å². The second kappa shape index (κ2) is 10.3. The predicted octanol–water partition coefficient (Wildman–Crippen LogP) is 4.86. The maximum Gasteiger partial charge on any atom is 0.261 e. The van der Waals surface area contributed by atoms with E-state index in [9.17, 15) is 17.6 Å². The lowest BCUT2D eigenvalue weighted by Crippen LogP contribution is -2.33. The number of pyridine rings is 1. The lowest BCUT2D eigenvalue weighted by molar-refractivity contribution is -0.121. The summed E-state index contributed by atoms with van der Waals surface area (Å²) >= 11 is 0. The van der Waals surface area contributed by atoms with E-state index >= 15 is 0 Å². The van der Waals surface area contributed by atoms with Crippen molar-refractivity contribution in [3.8, 4) is 11.1 Å². The molecule has 0 spiro atoms. The molecule has 0 saturated carbocycles. The smallest absolute Gasteiger partial charge is 0.261 e. The highest BCUT2D eigenvalue weighted by molar-refractivity contribution is 7.92. The number of sulfonamides is 1. The SMILES string of the molecule is Cc1ccc(NS(=O)(=O)c2ccc(-c3cnc4[nH]c(CCC5CCCCC(=O)N5)nc4c3)cc2)c(F)c1. The Bertz CT molecular complexity index is 1550. The van der Waals surface area contributed by atoms with Gasteiger partial charge in [0.05, 0.1) is 10.6 Å². The molecule has 8 nitrogen and oxygen atoms in total. The van der Waals surface area contributed by atoms with Gasteiger partial charge in [-0.05, 0) is 67.6 Å². The molecule has 2 aromatic carbocycles. The number of benzene rings is 2. The number of aromatic nitrogens is 3. The number of anilines is 1. The van der Waals surface area contributed by atoms with Gasteiger partial charge < -0.3 is 10.3 Å². The molecule has 0 bridgehead atoms. The zero-order valence-corrected chi connectivity index (χ0v) is 21.2. The van der Waals surface area contributed by atoms with Gasteiger partial charge in [-0.1, -0.05) is 24.6 Å². The highest BCUT2D eigenvalue weighted by Gasteiger charge is 2.18. The first kappa shape index (κ1) is 24.9. The van der Waals surface area contributed by atoms with E-state index in [-0.39, 0.29) is 22.5 Å². The number of hydrogen-bond acceptors (Lipinski definition) is 5. The van der Waals surface area contributed by atoms with Crippen molar-refractivity contribution in [3.05, 3.63) is 71.9 Å². The molecule has 0 radical (unpaired) electrons. The number of nitrogens with one attached hydrogen (secondary N) is 3. The number of nitrogens with zero attached hydrogens (tertiary/aromatic N) is 2. The Balaban J connectivity index is 1.29. The minimum atomic E-state index is -3.95. The van der Waals surface area contributed by atoms with Crippen molar-refractivity contribution >= 4 is 32.8 Å². The number of rotatable bonds is 7. The van der Waals surface area contributed by atoms with Crippen molar-refractivity contribution in [1.29, 1.82) is 0 Å². The van der Waals surface area contributed by atoms with Crippen molar-refractivity contribution in [3.63, 3.8) is 0 Å². The molecule has 1 aliphatic rings. The highest BCUT2D eigenvalue weighted by Crippen LogP contribution is 2.25. The first-order chi connectivity index (χ1) is 17.8. The number of carbonyl (C=O) groups excluding carboxylic acids is 1. The number of hydrogen-bond donors (Lipinski definition) is 3. The molecule has 192 valence electrons. The van der Waals surface area contributed by atoms with E-state index in [0.29, 0.717) is 29.6 Å². The molecule has 4 aromatic rings. The van der Waals surface area contributed by atoms with Gasteiger partial charge in [0, 0.05) is 30.6 Å². The fourth-order valence-corrected chi connectivity index (χ4v) is 5.60. The molecule has 1 amide bonds. The number of amides is 1. The maximum absolute atomic E-state index is 14.1. The van der Waals surface area contributed by atoms with E-state index in [1.54, 1.807) is 31.3 Å². The van der Waals surface area contributed by atoms with Crippen LogP contribution in [0.15, 0.2) is 59.6 Å². The van der Waals surface area contributed by atoms with Gasteiger partial charge in [0.15, 0.2) is 5.65 Å². The van der Waals surface area contributed by atoms with Gasteiger partial charge in [-0.15, -0.1) is 0 Å². The molecule has 10 heteroatoms. The molecule has 1 fully saturated rings. The van der Waals surface area contributed by atoms with Crippen LogP contribution >= 0.6 is 0 Å². The predicted molar refractivity (Wildman–Crippen MR) is 140 cm³/mol. The minimum Gasteiger partial charge on any atom is -0.353 e. The Morgan fingerprint density at radius 1 is 1.08 bits per heavy atom. The Kier molecular flexibility index (Phi) is 6.92. The third-order valence-corrected chi connectivity index (χ3v) is 7.94. The minimum absolute atomic E-state index is 0.0259. The third kappa shape index (κ3) is 5.80. The van der Waals surface area contributed by atoms with Gasteiger partial charge in [0.2, 0.25) is 5.91 Å². The molecule has 1 atom stereocenters. The van der Waals surface area contributed by atoms with Crippen LogP contribution in [-0.2, 0) is 21.2 Å². The van der Waals surface area contributed by atoms with Gasteiger partial charge in [-0.2, -0.15) is 0 Å². The largest absolute Gasteiger partial charge is 0.353 e. The summed E-state index contributed by atoms with van der Waals surface area (Å²) in [6.45, 7) is 1.73. The van der Waals surface area contributed by atoms with E-state index in [0.717, 1.165) is 42.6 Å². The molecule has 37 heavy (non-hydrogen) atoms. The van der Waals surface area contributed by atoms with Crippen LogP contribution in [0, 0.1) is 12.7 Å². The van der Waals surface area contributed by atoms with Gasteiger partial charge in [0.25, 0.3) is 10.0 Å². The van der Waals surface area contributed by atoms with E-state index < -0.39 is 15.8 Å². The normalized spacial score (nSPS) is 16.4. The second-order valence-electron chi connectivity index (χ2n) is 9.44. The van der Waals surface area contributed by atoms with Crippen LogP contribution in [0.2, 0.25) is 0 Å². The van der Waals surface area contributed by atoms with Gasteiger partial charge in [-0.3, -0.25) is 9.52 Å². The Hall–Kier alpha value is -3.79. The fraction of sp³-hybridized carbons (Fsp3) is 0.296. The molecule has 5 rings (SSSR count). The summed E-state index contributed by atoms with van der Waals surface area (Å²) in [6.07, 6.45) is 6.80. The van der Waals surface area contributed by atoms with Crippen molar-refractivity contribution in [2.45, 2.75) is 56.4 Å². The molecule has 3 heterocycles. The summed E-state index contributed by atoms with van der Waals surface area (Å²) in [4.78, 5) is 24.2. The van der Waals surface area contributed by atoms with Crippen LogP contribution in [0.5, 0.6) is 0 Å². The van der Waals surface area contributed by atoms with Crippen LogP contribution in [-0.4, -0.2) is 35.3 Å². The number of imidazole rings is 1. The molecule has 1 unspecified atom stereocenters. The number of fused-ring (bicyclic) bond motifs is 1. The van der Waals surface area contributed by atoms with E-state index in [1.807, 2.05) is 6.07 Å². The number of H-pyrrole nitrogens is 1. The number of halogens is 1. The first-order valence-corrected chi connectivity index (χ1v) is 13.8. The lowest BCUT2D eigenvalue weighted by Gasteiger charge is -2.14. The fourth-order valence-electron chi connectivity index (χ4n) is 4.53. The van der Waals surface area contributed by atoms with Crippen LogP contribution in [0.3, 0.4) is 0 Å². The number of aryl methyl sites for hydroxylation is 2. The number of aromatic amines is 1. The summed E-state index contributed by atoms with van der Waals surface area (Å²) < 4.78 is 41.9. The van der Waals surface area contributed by atoms with E-state index in [2.05, 4.69) is 25.0 Å².